The predicted octanol–water partition coefficient (Wildman–Crippen LogP) is 2.89. The Balaban J connectivity index is 2.55. The monoisotopic (exact) mass is 257 g/mol. The Morgan fingerprint density at radius 3 is 2.65 bits per heavy atom. The molecule has 0 bridgehead atoms. The maximum atomic E-state index is 6.12. The summed E-state index contributed by atoms with van der Waals surface area (Å²) in [7, 11) is 1.71. The fourth-order valence-electron chi connectivity index (χ4n) is 1.65. The summed E-state index contributed by atoms with van der Waals surface area (Å²) in [5.74, 6) is 0. The van der Waals surface area contributed by atoms with Crippen LogP contribution >= 0.6 is 11.3 Å². The topological polar surface area (TPSA) is 44.5 Å². The molecule has 0 saturated heterocycles. The lowest BCUT2D eigenvalue weighted by Crippen LogP contribution is -2.29. The van der Waals surface area contributed by atoms with Gasteiger partial charge in [-0.25, -0.2) is 0 Å². The summed E-state index contributed by atoms with van der Waals surface area (Å²) in [6.45, 7) is 5.63. The first-order valence-corrected chi connectivity index (χ1v) is 6.93. The van der Waals surface area contributed by atoms with Gasteiger partial charge in [0.15, 0.2) is 0 Å². The van der Waals surface area contributed by atoms with Gasteiger partial charge in [-0.05, 0) is 31.9 Å². The Labute approximate surface area is 108 Å². The van der Waals surface area contributed by atoms with Crippen molar-refractivity contribution in [1.82, 2.24) is 0 Å². The number of hydrogen-bond donors (Lipinski definition) is 1. The van der Waals surface area contributed by atoms with Gasteiger partial charge in [-0.15, -0.1) is 11.3 Å². The number of rotatable bonds is 8. The molecule has 2 unspecified atom stereocenters. The van der Waals surface area contributed by atoms with Crippen LogP contribution in [-0.2, 0) is 9.47 Å². The lowest BCUT2D eigenvalue weighted by atomic mass is 10.1. The molecule has 4 heteroatoms. The molecule has 0 aliphatic heterocycles. The van der Waals surface area contributed by atoms with Gasteiger partial charge in [0.1, 0.15) is 6.10 Å². The Morgan fingerprint density at radius 1 is 1.35 bits per heavy atom. The first-order chi connectivity index (χ1) is 8.19. The number of aryl methyl sites for hydroxylation is 1. The minimum absolute atomic E-state index is 0.0237. The van der Waals surface area contributed by atoms with E-state index < -0.39 is 0 Å². The highest BCUT2D eigenvalue weighted by molar-refractivity contribution is 7.12. The van der Waals surface area contributed by atoms with E-state index in [1.54, 1.807) is 18.4 Å². The van der Waals surface area contributed by atoms with Crippen LogP contribution in [-0.4, -0.2) is 26.4 Å². The molecular formula is C13H23NO2S. The average molecular weight is 257 g/mol. The third kappa shape index (κ3) is 4.76. The third-order valence-electron chi connectivity index (χ3n) is 2.69. The van der Waals surface area contributed by atoms with Gasteiger partial charge >= 0.3 is 0 Å². The minimum Gasteiger partial charge on any atom is -0.385 e. The number of nitrogens with two attached hydrogens (primary N) is 1. The van der Waals surface area contributed by atoms with E-state index in [-0.39, 0.29) is 12.1 Å². The zero-order chi connectivity index (χ0) is 12.7. The molecule has 1 aromatic rings. The van der Waals surface area contributed by atoms with E-state index in [4.69, 9.17) is 15.2 Å². The van der Waals surface area contributed by atoms with Crippen molar-refractivity contribution in [1.29, 1.82) is 0 Å². The quantitative estimate of drug-likeness (QED) is 0.728. The van der Waals surface area contributed by atoms with Gasteiger partial charge in [0.05, 0.1) is 0 Å². The Kier molecular flexibility index (Phi) is 6.73. The fraction of sp³-hybridized carbons (Fsp3) is 0.692. The third-order valence-corrected chi connectivity index (χ3v) is 3.75. The van der Waals surface area contributed by atoms with Gasteiger partial charge in [-0.2, -0.15) is 0 Å². The second-order valence-electron chi connectivity index (χ2n) is 4.16. The first-order valence-electron chi connectivity index (χ1n) is 6.11. The molecule has 0 fully saturated rings. The van der Waals surface area contributed by atoms with Crippen molar-refractivity contribution in [2.75, 3.05) is 20.3 Å². The van der Waals surface area contributed by atoms with Crippen LogP contribution in [0.4, 0.5) is 0 Å². The van der Waals surface area contributed by atoms with Crippen LogP contribution < -0.4 is 5.73 Å². The number of hydrogen-bond acceptors (Lipinski definition) is 4. The highest BCUT2D eigenvalue weighted by Gasteiger charge is 2.20. The van der Waals surface area contributed by atoms with Crippen molar-refractivity contribution in [3.05, 3.63) is 21.9 Å². The van der Waals surface area contributed by atoms with Crippen LogP contribution in [0.15, 0.2) is 12.1 Å². The molecule has 98 valence electrons. The molecule has 1 aromatic heterocycles. The van der Waals surface area contributed by atoms with E-state index in [1.807, 2.05) is 0 Å². The normalized spacial score (nSPS) is 14.8. The van der Waals surface area contributed by atoms with Crippen molar-refractivity contribution >= 4 is 11.3 Å². The molecule has 0 aromatic carbocycles. The maximum Gasteiger partial charge on any atom is 0.107 e. The van der Waals surface area contributed by atoms with Gasteiger partial charge in [-0.3, -0.25) is 0 Å². The van der Waals surface area contributed by atoms with Crippen molar-refractivity contribution in [2.24, 2.45) is 5.73 Å². The molecule has 17 heavy (non-hydrogen) atoms. The van der Waals surface area contributed by atoms with E-state index in [9.17, 15) is 0 Å². The fourth-order valence-corrected chi connectivity index (χ4v) is 2.65. The van der Waals surface area contributed by atoms with E-state index in [1.165, 1.54) is 9.75 Å². The lowest BCUT2D eigenvalue weighted by Gasteiger charge is -2.22. The minimum atomic E-state index is 0.0237. The van der Waals surface area contributed by atoms with E-state index in [0.29, 0.717) is 6.61 Å². The van der Waals surface area contributed by atoms with Gasteiger partial charge < -0.3 is 15.2 Å². The number of thiophene rings is 1. The van der Waals surface area contributed by atoms with E-state index in [0.717, 1.165) is 19.4 Å². The second-order valence-corrected chi connectivity index (χ2v) is 5.48. The van der Waals surface area contributed by atoms with Crippen LogP contribution in [0.1, 0.15) is 35.6 Å². The SMILES string of the molecule is CCC(N)C(OCCCOC)c1ccc(C)s1. The molecule has 3 nitrogen and oxygen atoms in total. The molecule has 1 rings (SSSR count). The van der Waals surface area contributed by atoms with Gasteiger partial charge in [0, 0.05) is 36.1 Å². The van der Waals surface area contributed by atoms with Gasteiger partial charge in [0.2, 0.25) is 0 Å². The lowest BCUT2D eigenvalue weighted by molar-refractivity contribution is 0.0244. The summed E-state index contributed by atoms with van der Waals surface area (Å²) in [5, 5.41) is 0. The molecule has 0 aliphatic carbocycles. The Hall–Kier alpha value is -0.420. The molecule has 0 radical (unpaired) electrons. The molecule has 1 heterocycles. The summed E-state index contributed by atoms with van der Waals surface area (Å²) < 4.78 is 10.9. The van der Waals surface area contributed by atoms with Crippen molar-refractivity contribution in [2.45, 2.75) is 38.8 Å². The molecule has 0 aliphatic rings. The molecule has 2 N–H and O–H groups in total. The smallest absolute Gasteiger partial charge is 0.107 e. The average Bonchev–Trinajstić information content (AvgIpc) is 2.75. The van der Waals surface area contributed by atoms with E-state index in [2.05, 4.69) is 26.0 Å². The zero-order valence-corrected chi connectivity index (χ0v) is 11.8. The predicted molar refractivity (Wildman–Crippen MR) is 72.5 cm³/mol. The number of methoxy groups -OCH3 is 1. The second kappa shape index (κ2) is 7.82. The molecule has 0 amide bonds. The zero-order valence-electron chi connectivity index (χ0n) is 10.9. The summed E-state index contributed by atoms with van der Waals surface area (Å²) >= 11 is 1.77. The highest BCUT2D eigenvalue weighted by Crippen LogP contribution is 2.28. The van der Waals surface area contributed by atoms with Crippen LogP contribution in [0.3, 0.4) is 0 Å². The van der Waals surface area contributed by atoms with Gasteiger partial charge in [-0.1, -0.05) is 6.92 Å². The Morgan fingerprint density at radius 2 is 2.12 bits per heavy atom. The Bertz CT molecular complexity index is 314. The van der Waals surface area contributed by atoms with Crippen molar-refractivity contribution < 1.29 is 9.47 Å². The standard InChI is InChI=1S/C13H23NO2S/c1-4-11(14)13(16-9-5-8-15-3)12-7-6-10(2)17-12/h6-7,11,13H,4-5,8-9,14H2,1-3H3. The van der Waals surface area contributed by atoms with Crippen LogP contribution in [0.5, 0.6) is 0 Å². The summed E-state index contributed by atoms with van der Waals surface area (Å²) in [5.41, 5.74) is 6.12. The van der Waals surface area contributed by atoms with Crippen LogP contribution in [0.25, 0.3) is 0 Å². The first kappa shape index (κ1) is 14.6. The highest BCUT2D eigenvalue weighted by atomic mass is 32.1. The molecular weight excluding hydrogens is 234 g/mol. The summed E-state index contributed by atoms with van der Waals surface area (Å²) in [6.07, 6.45) is 1.86. The summed E-state index contributed by atoms with van der Waals surface area (Å²) in [6, 6.07) is 4.31. The largest absolute Gasteiger partial charge is 0.385 e. The van der Waals surface area contributed by atoms with Crippen LogP contribution in [0.2, 0.25) is 0 Å². The molecule has 2 atom stereocenters. The number of ether oxygens (including phenoxy) is 2. The van der Waals surface area contributed by atoms with E-state index >= 15 is 0 Å². The molecule has 0 saturated carbocycles. The van der Waals surface area contributed by atoms with Crippen molar-refractivity contribution in [3.63, 3.8) is 0 Å². The molecule has 0 spiro atoms. The maximum absolute atomic E-state index is 6.12. The van der Waals surface area contributed by atoms with Crippen molar-refractivity contribution in [3.8, 4) is 0 Å². The van der Waals surface area contributed by atoms with Crippen LogP contribution in [0, 0.1) is 6.92 Å². The van der Waals surface area contributed by atoms with Gasteiger partial charge in [0.25, 0.3) is 0 Å². The summed E-state index contributed by atoms with van der Waals surface area (Å²) in [4.78, 5) is 2.53.